The van der Waals surface area contributed by atoms with E-state index in [-0.39, 0.29) is 6.04 Å². The molecule has 90 valence electrons. The number of benzene rings is 1. The fraction of sp³-hybridized carbons (Fsp3) is 0.538. The molecule has 1 aromatic rings. The minimum Gasteiger partial charge on any atom is -0.494 e. The summed E-state index contributed by atoms with van der Waals surface area (Å²) in [5, 5.41) is 0. The lowest BCUT2D eigenvalue weighted by Gasteiger charge is -2.08. The van der Waals surface area contributed by atoms with Gasteiger partial charge in [0.25, 0.3) is 0 Å². The van der Waals surface area contributed by atoms with Crippen LogP contribution in [-0.4, -0.2) is 24.7 Å². The average Bonchev–Trinajstić information content (AvgIpc) is 2.26. The number of nitrogens with two attached hydrogens (primary N) is 1. The van der Waals surface area contributed by atoms with Gasteiger partial charge in [-0.25, -0.2) is 0 Å². The monoisotopic (exact) mass is 239 g/mol. The first-order chi connectivity index (χ1) is 7.72. The van der Waals surface area contributed by atoms with Crippen LogP contribution in [0.1, 0.15) is 18.9 Å². The predicted octanol–water partition coefficient (Wildman–Crippen LogP) is 2.71. The van der Waals surface area contributed by atoms with E-state index in [2.05, 4.69) is 18.4 Å². The van der Waals surface area contributed by atoms with Crippen LogP contribution in [0.15, 0.2) is 24.3 Å². The highest BCUT2D eigenvalue weighted by atomic mass is 32.2. The van der Waals surface area contributed by atoms with Gasteiger partial charge in [-0.05, 0) is 49.5 Å². The van der Waals surface area contributed by atoms with Gasteiger partial charge in [-0.15, -0.1) is 0 Å². The molecule has 16 heavy (non-hydrogen) atoms. The number of hydrogen-bond donors (Lipinski definition) is 1. The van der Waals surface area contributed by atoms with Crippen molar-refractivity contribution in [2.24, 2.45) is 5.73 Å². The number of rotatable bonds is 7. The highest BCUT2D eigenvalue weighted by molar-refractivity contribution is 7.98. The molecule has 0 radical (unpaired) electrons. The van der Waals surface area contributed by atoms with E-state index in [9.17, 15) is 0 Å². The van der Waals surface area contributed by atoms with Gasteiger partial charge in [0.2, 0.25) is 0 Å². The van der Waals surface area contributed by atoms with E-state index in [0.717, 1.165) is 31.0 Å². The van der Waals surface area contributed by atoms with Gasteiger partial charge in [-0.3, -0.25) is 0 Å². The Bertz CT molecular complexity index is 284. The molecule has 2 N–H and O–H groups in total. The highest BCUT2D eigenvalue weighted by Crippen LogP contribution is 2.13. The van der Waals surface area contributed by atoms with E-state index in [1.807, 2.05) is 30.8 Å². The molecular formula is C13H21NOS. The Hall–Kier alpha value is -0.670. The van der Waals surface area contributed by atoms with Crippen molar-refractivity contribution in [1.29, 1.82) is 0 Å². The standard InChI is InChI=1S/C13H21NOS/c1-11(14)10-12-4-6-13(7-5-12)15-8-3-9-16-2/h4-7,11H,3,8-10,14H2,1-2H3. The molecule has 1 rings (SSSR count). The zero-order chi connectivity index (χ0) is 11.8. The van der Waals surface area contributed by atoms with Gasteiger partial charge in [-0.2, -0.15) is 11.8 Å². The summed E-state index contributed by atoms with van der Waals surface area (Å²) in [6.45, 7) is 2.82. The highest BCUT2D eigenvalue weighted by Gasteiger charge is 1.98. The smallest absolute Gasteiger partial charge is 0.119 e. The van der Waals surface area contributed by atoms with Crippen LogP contribution in [0.3, 0.4) is 0 Å². The second kappa shape index (κ2) is 7.58. The summed E-state index contributed by atoms with van der Waals surface area (Å²) in [7, 11) is 0. The zero-order valence-corrected chi connectivity index (χ0v) is 10.9. The first-order valence-electron chi connectivity index (χ1n) is 5.68. The van der Waals surface area contributed by atoms with Crippen LogP contribution < -0.4 is 10.5 Å². The molecule has 0 spiro atoms. The average molecular weight is 239 g/mol. The first-order valence-corrected chi connectivity index (χ1v) is 7.08. The van der Waals surface area contributed by atoms with Gasteiger partial charge in [-0.1, -0.05) is 12.1 Å². The summed E-state index contributed by atoms with van der Waals surface area (Å²) < 4.78 is 5.62. The fourth-order valence-corrected chi connectivity index (χ4v) is 1.89. The number of thioether (sulfide) groups is 1. The van der Waals surface area contributed by atoms with Crippen LogP contribution in [0, 0.1) is 0 Å². The molecule has 2 nitrogen and oxygen atoms in total. The molecule has 0 heterocycles. The first kappa shape index (κ1) is 13.4. The third-order valence-corrected chi connectivity index (χ3v) is 2.94. The maximum atomic E-state index is 5.74. The molecule has 0 amide bonds. The largest absolute Gasteiger partial charge is 0.494 e. The van der Waals surface area contributed by atoms with Crippen LogP contribution in [-0.2, 0) is 6.42 Å². The topological polar surface area (TPSA) is 35.2 Å². The summed E-state index contributed by atoms with van der Waals surface area (Å²) in [6.07, 6.45) is 4.14. The summed E-state index contributed by atoms with van der Waals surface area (Å²) in [6, 6.07) is 8.45. The SMILES string of the molecule is CSCCCOc1ccc(CC(C)N)cc1. The second-order valence-electron chi connectivity index (χ2n) is 4.02. The molecule has 3 heteroatoms. The summed E-state index contributed by atoms with van der Waals surface area (Å²) >= 11 is 1.85. The minimum atomic E-state index is 0.216. The molecule has 0 saturated carbocycles. The van der Waals surface area contributed by atoms with Gasteiger partial charge >= 0.3 is 0 Å². The summed E-state index contributed by atoms with van der Waals surface area (Å²) in [5.74, 6) is 2.11. The van der Waals surface area contributed by atoms with E-state index < -0.39 is 0 Å². The Labute approximate surface area is 103 Å². The minimum absolute atomic E-state index is 0.216. The number of ether oxygens (including phenoxy) is 1. The fourth-order valence-electron chi connectivity index (χ4n) is 1.49. The van der Waals surface area contributed by atoms with Crippen molar-refractivity contribution in [2.75, 3.05) is 18.6 Å². The van der Waals surface area contributed by atoms with Gasteiger partial charge < -0.3 is 10.5 Å². The van der Waals surface area contributed by atoms with Gasteiger partial charge in [0.15, 0.2) is 0 Å². The molecule has 1 unspecified atom stereocenters. The van der Waals surface area contributed by atoms with Gasteiger partial charge in [0.05, 0.1) is 6.61 Å². The van der Waals surface area contributed by atoms with E-state index in [0.29, 0.717) is 0 Å². The molecule has 1 aromatic carbocycles. The van der Waals surface area contributed by atoms with Gasteiger partial charge in [0, 0.05) is 6.04 Å². The van der Waals surface area contributed by atoms with Crippen LogP contribution in [0.5, 0.6) is 5.75 Å². The maximum Gasteiger partial charge on any atom is 0.119 e. The third kappa shape index (κ3) is 5.42. The van der Waals surface area contributed by atoms with E-state index in [1.165, 1.54) is 5.56 Å². The van der Waals surface area contributed by atoms with Crippen molar-refractivity contribution in [1.82, 2.24) is 0 Å². The normalized spacial score (nSPS) is 12.4. The lowest BCUT2D eigenvalue weighted by atomic mass is 10.1. The molecule has 0 bridgehead atoms. The van der Waals surface area contributed by atoms with Crippen LogP contribution in [0.25, 0.3) is 0 Å². The van der Waals surface area contributed by atoms with E-state index >= 15 is 0 Å². The molecule has 0 aliphatic carbocycles. The van der Waals surface area contributed by atoms with Gasteiger partial charge in [0.1, 0.15) is 5.75 Å². The van der Waals surface area contributed by atoms with Crippen molar-refractivity contribution >= 4 is 11.8 Å². The lowest BCUT2D eigenvalue weighted by Crippen LogP contribution is -2.17. The Morgan fingerprint density at radius 1 is 1.31 bits per heavy atom. The zero-order valence-electron chi connectivity index (χ0n) is 10.1. The molecule has 0 saturated heterocycles. The Kier molecular flexibility index (Phi) is 6.34. The summed E-state index contributed by atoms with van der Waals surface area (Å²) in [4.78, 5) is 0. The number of hydrogen-bond acceptors (Lipinski definition) is 3. The quantitative estimate of drug-likeness (QED) is 0.743. The molecule has 1 atom stereocenters. The maximum absolute atomic E-state index is 5.74. The molecule has 0 fully saturated rings. The van der Waals surface area contributed by atoms with Crippen LogP contribution in [0.4, 0.5) is 0 Å². The van der Waals surface area contributed by atoms with E-state index in [1.54, 1.807) is 0 Å². The van der Waals surface area contributed by atoms with E-state index in [4.69, 9.17) is 10.5 Å². The lowest BCUT2D eigenvalue weighted by molar-refractivity contribution is 0.318. The van der Waals surface area contributed by atoms with Crippen molar-refractivity contribution in [3.05, 3.63) is 29.8 Å². The molecule has 0 aromatic heterocycles. The predicted molar refractivity (Wildman–Crippen MR) is 72.3 cm³/mol. The Morgan fingerprint density at radius 3 is 2.56 bits per heavy atom. The third-order valence-electron chi connectivity index (χ3n) is 2.24. The molecule has 0 aliphatic heterocycles. The Balaban J connectivity index is 2.33. The van der Waals surface area contributed by atoms with Crippen LogP contribution in [0.2, 0.25) is 0 Å². The van der Waals surface area contributed by atoms with Crippen molar-refractivity contribution in [3.8, 4) is 5.75 Å². The van der Waals surface area contributed by atoms with Crippen molar-refractivity contribution in [3.63, 3.8) is 0 Å². The van der Waals surface area contributed by atoms with Crippen LogP contribution >= 0.6 is 11.8 Å². The second-order valence-corrected chi connectivity index (χ2v) is 5.01. The molecule has 0 aliphatic rings. The summed E-state index contributed by atoms with van der Waals surface area (Å²) in [5.41, 5.74) is 7.01. The van der Waals surface area contributed by atoms with Crippen molar-refractivity contribution < 1.29 is 4.74 Å². The molecular weight excluding hydrogens is 218 g/mol. The van der Waals surface area contributed by atoms with Crippen molar-refractivity contribution in [2.45, 2.75) is 25.8 Å². The Morgan fingerprint density at radius 2 is 2.00 bits per heavy atom.